The zero-order chi connectivity index (χ0) is 11.2. The van der Waals surface area contributed by atoms with Gasteiger partial charge >= 0.3 is 0 Å². The van der Waals surface area contributed by atoms with Gasteiger partial charge in [-0.1, -0.05) is 12.3 Å². The molecular weight excluding hydrogens is 208 g/mol. The van der Waals surface area contributed by atoms with Crippen LogP contribution < -0.4 is 0 Å². The van der Waals surface area contributed by atoms with Crippen LogP contribution in [0.5, 0.6) is 0 Å². The Morgan fingerprint density at radius 1 is 1.14 bits per heavy atom. The summed E-state index contributed by atoms with van der Waals surface area (Å²) in [5.74, 6) is 0. The van der Waals surface area contributed by atoms with Gasteiger partial charge in [-0.3, -0.25) is 0 Å². The van der Waals surface area contributed by atoms with Crippen molar-refractivity contribution in [2.45, 2.75) is 32.2 Å². The van der Waals surface area contributed by atoms with Crippen LogP contribution in [-0.4, -0.2) is 23.2 Å². The molecule has 0 spiro atoms. The third-order valence-electron chi connectivity index (χ3n) is 1.92. The molecule has 0 aliphatic carbocycles. The molecule has 1 atom stereocenters. The van der Waals surface area contributed by atoms with E-state index in [1.165, 1.54) is 6.26 Å². The minimum Gasteiger partial charge on any atom is -0.546 e. The van der Waals surface area contributed by atoms with Crippen LogP contribution in [0.1, 0.15) is 0 Å². The molecule has 1 unspecified atom stereocenters. The van der Waals surface area contributed by atoms with E-state index in [-0.39, 0.29) is 0 Å². The van der Waals surface area contributed by atoms with Gasteiger partial charge < -0.3 is 8.85 Å². The van der Waals surface area contributed by atoms with Crippen LogP contribution in [0.25, 0.3) is 0 Å². The van der Waals surface area contributed by atoms with Crippen LogP contribution in [-0.2, 0) is 8.85 Å². The highest BCUT2D eigenvalue weighted by Crippen LogP contribution is 2.14. The van der Waals surface area contributed by atoms with Crippen molar-refractivity contribution in [2.24, 2.45) is 0 Å². The molecular formula is C10H22O2Si2. The van der Waals surface area contributed by atoms with E-state index in [0.29, 0.717) is 0 Å². The van der Waals surface area contributed by atoms with Crippen LogP contribution in [0.4, 0.5) is 0 Å². The SMILES string of the molecule is C=CO[Si](C)(C=C)CCO[Si](C)(C)C. The highest BCUT2D eigenvalue weighted by Gasteiger charge is 2.26. The van der Waals surface area contributed by atoms with Gasteiger partial charge in [0.2, 0.25) is 0 Å². The maximum atomic E-state index is 5.78. The van der Waals surface area contributed by atoms with Crippen molar-refractivity contribution in [3.05, 3.63) is 25.1 Å². The maximum Gasteiger partial charge on any atom is 0.273 e. The maximum absolute atomic E-state index is 5.78. The molecule has 2 nitrogen and oxygen atoms in total. The normalized spacial score (nSPS) is 15.7. The van der Waals surface area contributed by atoms with E-state index < -0.39 is 16.6 Å². The van der Waals surface area contributed by atoms with Gasteiger partial charge in [0, 0.05) is 12.7 Å². The largest absolute Gasteiger partial charge is 0.546 e. The van der Waals surface area contributed by atoms with E-state index in [0.717, 1.165) is 12.7 Å². The molecule has 0 saturated carbocycles. The Morgan fingerprint density at radius 3 is 2.07 bits per heavy atom. The van der Waals surface area contributed by atoms with Gasteiger partial charge in [-0.25, -0.2) is 0 Å². The molecule has 0 aromatic carbocycles. The van der Waals surface area contributed by atoms with Crippen LogP contribution in [0.2, 0.25) is 32.2 Å². The lowest BCUT2D eigenvalue weighted by Gasteiger charge is -2.24. The Hall–Kier alpha value is -0.326. The lowest BCUT2D eigenvalue weighted by atomic mass is 10.9. The van der Waals surface area contributed by atoms with E-state index in [1.807, 2.05) is 5.70 Å². The third kappa shape index (κ3) is 6.18. The van der Waals surface area contributed by atoms with Gasteiger partial charge in [-0.05, 0) is 26.2 Å². The molecule has 0 rings (SSSR count). The first kappa shape index (κ1) is 13.7. The summed E-state index contributed by atoms with van der Waals surface area (Å²) < 4.78 is 11.3. The number of hydrogen-bond donors (Lipinski definition) is 0. The fourth-order valence-corrected chi connectivity index (χ4v) is 3.18. The predicted octanol–water partition coefficient (Wildman–Crippen LogP) is 3.30. The first-order chi connectivity index (χ1) is 6.33. The topological polar surface area (TPSA) is 18.5 Å². The second-order valence-electron chi connectivity index (χ2n) is 4.51. The van der Waals surface area contributed by atoms with Gasteiger partial charge in [-0.2, -0.15) is 0 Å². The van der Waals surface area contributed by atoms with Crippen LogP contribution in [0.3, 0.4) is 0 Å². The summed E-state index contributed by atoms with van der Waals surface area (Å²) in [6, 6.07) is 0.951. The summed E-state index contributed by atoms with van der Waals surface area (Å²) in [5, 5.41) is 0. The molecule has 4 heteroatoms. The Balaban J connectivity index is 3.96. The first-order valence-electron chi connectivity index (χ1n) is 4.89. The molecule has 14 heavy (non-hydrogen) atoms. The van der Waals surface area contributed by atoms with Gasteiger partial charge in [-0.15, -0.1) is 6.58 Å². The summed E-state index contributed by atoms with van der Waals surface area (Å²) in [5.41, 5.74) is 1.93. The lowest BCUT2D eigenvalue weighted by Crippen LogP contribution is -2.34. The van der Waals surface area contributed by atoms with Crippen molar-refractivity contribution in [2.75, 3.05) is 6.61 Å². The van der Waals surface area contributed by atoms with Crippen LogP contribution >= 0.6 is 0 Å². The van der Waals surface area contributed by atoms with E-state index >= 15 is 0 Å². The van der Waals surface area contributed by atoms with Gasteiger partial charge in [0.15, 0.2) is 8.32 Å². The van der Waals surface area contributed by atoms with Gasteiger partial charge in [0.25, 0.3) is 8.32 Å². The first-order valence-corrected chi connectivity index (χ1v) is 11.0. The fraction of sp³-hybridized carbons (Fsp3) is 0.600. The molecule has 0 aliphatic heterocycles. The van der Waals surface area contributed by atoms with Crippen LogP contribution in [0.15, 0.2) is 25.1 Å². The predicted molar refractivity (Wildman–Crippen MR) is 67.2 cm³/mol. The molecule has 0 fully saturated rings. The van der Waals surface area contributed by atoms with E-state index in [9.17, 15) is 0 Å². The van der Waals surface area contributed by atoms with Crippen LogP contribution in [0, 0.1) is 0 Å². The lowest BCUT2D eigenvalue weighted by molar-refractivity contribution is 0.324. The zero-order valence-electron chi connectivity index (χ0n) is 9.80. The highest BCUT2D eigenvalue weighted by molar-refractivity contribution is 6.77. The third-order valence-corrected chi connectivity index (χ3v) is 5.75. The molecule has 0 radical (unpaired) electrons. The second-order valence-corrected chi connectivity index (χ2v) is 12.8. The Labute approximate surface area is 89.9 Å². The zero-order valence-corrected chi connectivity index (χ0v) is 11.8. The fourth-order valence-electron chi connectivity index (χ4n) is 0.959. The average molecular weight is 230 g/mol. The van der Waals surface area contributed by atoms with Gasteiger partial charge in [0.05, 0.1) is 6.26 Å². The second kappa shape index (κ2) is 5.53. The van der Waals surface area contributed by atoms with Crippen molar-refractivity contribution in [3.63, 3.8) is 0 Å². The molecule has 0 heterocycles. The summed E-state index contributed by atoms with van der Waals surface area (Å²) in [7, 11) is -3.17. The minimum absolute atomic E-state index is 0.776. The smallest absolute Gasteiger partial charge is 0.273 e. The summed E-state index contributed by atoms with van der Waals surface area (Å²) in [6.07, 6.45) is 1.52. The van der Waals surface area contributed by atoms with Crippen molar-refractivity contribution in [3.8, 4) is 0 Å². The minimum atomic E-state index is -1.78. The molecule has 0 aliphatic rings. The monoisotopic (exact) mass is 230 g/mol. The summed E-state index contributed by atoms with van der Waals surface area (Å²) >= 11 is 0. The quantitative estimate of drug-likeness (QED) is 0.493. The number of hydrogen-bond acceptors (Lipinski definition) is 2. The van der Waals surface area contributed by atoms with E-state index in [2.05, 4.69) is 39.3 Å². The van der Waals surface area contributed by atoms with E-state index in [1.54, 1.807) is 0 Å². The number of rotatable bonds is 7. The van der Waals surface area contributed by atoms with E-state index in [4.69, 9.17) is 8.85 Å². The molecule has 0 aromatic rings. The molecule has 82 valence electrons. The summed E-state index contributed by atoms with van der Waals surface area (Å²) in [6.45, 7) is 16.9. The Morgan fingerprint density at radius 2 is 1.71 bits per heavy atom. The van der Waals surface area contributed by atoms with Gasteiger partial charge in [0.1, 0.15) is 0 Å². The Bertz CT molecular complexity index is 199. The molecule has 0 saturated heterocycles. The molecule has 0 bridgehead atoms. The van der Waals surface area contributed by atoms with Crippen molar-refractivity contribution in [1.29, 1.82) is 0 Å². The molecule has 0 N–H and O–H groups in total. The standard InChI is InChI=1S/C10H22O2Si2/c1-7-11-14(6,8-2)10-9-12-13(3,4)5/h7-8H,1-2,9-10H2,3-6H3. The van der Waals surface area contributed by atoms with Crippen molar-refractivity contribution >= 4 is 16.6 Å². The summed E-state index contributed by atoms with van der Waals surface area (Å²) in [4.78, 5) is 0. The van der Waals surface area contributed by atoms with Crippen molar-refractivity contribution < 1.29 is 8.85 Å². The molecule has 0 aromatic heterocycles. The molecule has 0 amide bonds. The van der Waals surface area contributed by atoms with Crippen molar-refractivity contribution in [1.82, 2.24) is 0 Å². The highest BCUT2D eigenvalue weighted by atomic mass is 28.4. The average Bonchev–Trinajstić information content (AvgIpc) is 2.02. The Kier molecular flexibility index (Phi) is 5.40.